The molecule has 0 spiro atoms. The predicted molar refractivity (Wildman–Crippen MR) is 281 cm³/mol. The van der Waals surface area contributed by atoms with E-state index in [1.54, 1.807) is 0 Å². The van der Waals surface area contributed by atoms with Gasteiger partial charge in [-0.25, -0.2) is 15.0 Å². The third-order valence-corrected chi connectivity index (χ3v) is 13.5. The maximum atomic E-state index is 6.61. The van der Waals surface area contributed by atoms with Gasteiger partial charge in [-0.3, -0.25) is 0 Å². The molecule has 14 aromatic rings. The number of para-hydroxylation sites is 3. The molecule has 0 atom stereocenters. The summed E-state index contributed by atoms with van der Waals surface area (Å²) < 4.78 is 15.4. The molecular formula is C63H38N4O2. The highest BCUT2D eigenvalue weighted by molar-refractivity contribution is 6.14. The molecule has 6 nitrogen and oxygen atoms in total. The first kappa shape index (κ1) is 38.8. The molecule has 0 fully saturated rings. The molecule has 0 saturated heterocycles. The lowest BCUT2D eigenvalue weighted by Gasteiger charge is -2.11. The number of hydrogen-bond acceptors (Lipinski definition) is 5. The van der Waals surface area contributed by atoms with Gasteiger partial charge >= 0.3 is 0 Å². The molecule has 0 aliphatic heterocycles. The third-order valence-electron chi connectivity index (χ3n) is 13.5. The summed E-state index contributed by atoms with van der Waals surface area (Å²) in [4.78, 5) is 15.5. The van der Waals surface area contributed by atoms with Gasteiger partial charge in [0.15, 0.2) is 17.5 Å². The van der Waals surface area contributed by atoms with Gasteiger partial charge in [0, 0.05) is 60.3 Å². The normalized spacial score (nSPS) is 11.8. The van der Waals surface area contributed by atoms with Crippen molar-refractivity contribution in [3.63, 3.8) is 0 Å². The van der Waals surface area contributed by atoms with Crippen LogP contribution >= 0.6 is 0 Å². The first-order chi connectivity index (χ1) is 34.2. The maximum absolute atomic E-state index is 6.61. The fourth-order valence-corrected chi connectivity index (χ4v) is 10.2. The van der Waals surface area contributed by atoms with Gasteiger partial charge in [0.05, 0.1) is 11.0 Å². The molecule has 10 aromatic carbocycles. The van der Waals surface area contributed by atoms with Crippen LogP contribution in [-0.4, -0.2) is 19.5 Å². The number of benzene rings is 10. The summed E-state index contributed by atoms with van der Waals surface area (Å²) in [7, 11) is 0. The lowest BCUT2D eigenvalue weighted by atomic mass is 9.98. The summed E-state index contributed by atoms with van der Waals surface area (Å²) in [5.74, 6) is 1.73. The van der Waals surface area contributed by atoms with Crippen LogP contribution < -0.4 is 0 Å². The van der Waals surface area contributed by atoms with Crippen molar-refractivity contribution < 1.29 is 8.83 Å². The highest BCUT2D eigenvalue weighted by Crippen LogP contribution is 2.41. The molecule has 0 amide bonds. The second-order valence-corrected chi connectivity index (χ2v) is 17.5. The second kappa shape index (κ2) is 15.6. The minimum absolute atomic E-state index is 0.564. The molecule has 0 N–H and O–H groups in total. The number of rotatable bonds is 7. The van der Waals surface area contributed by atoms with Crippen molar-refractivity contribution in [2.75, 3.05) is 0 Å². The van der Waals surface area contributed by atoms with Gasteiger partial charge in [-0.1, -0.05) is 176 Å². The summed E-state index contributed by atoms with van der Waals surface area (Å²) in [5, 5.41) is 6.51. The minimum Gasteiger partial charge on any atom is -0.456 e. The Morgan fingerprint density at radius 2 is 0.841 bits per heavy atom. The van der Waals surface area contributed by atoms with Gasteiger partial charge in [0.1, 0.15) is 22.3 Å². The van der Waals surface area contributed by atoms with E-state index < -0.39 is 0 Å². The number of furan rings is 2. The number of hydrogen-bond donors (Lipinski definition) is 0. The van der Waals surface area contributed by atoms with E-state index in [9.17, 15) is 0 Å². The van der Waals surface area contributed by atoms with E-state index in [0.717, 1.165) is 88.4 Å². The van der Waals surface area contributed by atoms with Crippen molar-refractivity contribution in [1.82, 2.24) is 19.5 Å². The summed E-state index contributed by atoms with van der Waals surface area (Å²) in [6, 6.07) is 80.5. The Morgan fingerprint density at radius 1 is 0.290 bits per heavy atom. The van der Waals surface area contributed by atoms with Crippen molar-refractivity contribution in [2.45, 2.75) is 0 Å². The van der Waals surface area contributed by atoms with E-state index in [-0.39, 0.29) is 0 Å². The lowest BCUT2D eigenvalue weighted by molar-refractivity contribution is 0.669. The van der Waals surface area contributed by atoms with E-state index in [0.29, 0.717) is 17.5 Å². The number of aromatic nitrogens is 4. The molecular weight excluding hydrogens is 845 g/mol. The Morgan fingerprint density at radius 3 is 1.67 bits per heavy atom. The molecule has 0 radical (unpaired) electrons. The van der Waals surface area contributed by atoms with Gasteiger partial charge in [-0.2, -0.15) is 0 Å². The van der Waals surface area contributed by atoms with E-state index in [1.807, 2.05) is 60.7 Å². The van der Waals surface area contributed by atoms with Crippen LogP contribution in [0.3, 0.4) is 0 Å². The second-order valence-electron chi connectivity index (χ2n) is 17.5. The summed E-state index contributed by atoms with van der Waals surface area (Å²) in [6.45, 7) is 0. The zero-order valence-electron chi connectivity index (χ0n) is 37.0. The summed E-state index contributed by atoms with van der Waals surface area (Å²) >= 11 is 0. The van der Waals surface area contributed by atoms with Crippen LogP contribution in [0, 0.1) is 0 Å². The molecule has 0 bridgehead atoms. The fraction of sp³-hybridized carbons (Fsp3) is 0. The van der Waals surface area contributed by atoms with E-state index in [2.05, 4.69) is 174 Å². The topological polar surface area (TPSA) is 69.9 Å². The van der Waals surface area contributed by atoms with Crippen molar-refractivity contribution in [3.05, 3.63) is 231 Å². The number of fused-ring (bicyclic) bond motifs is 9. The lowest BCUT2D eigenvalue weighted by Crippen LogP contribution is -2.00. The zero-order valence-corrected chi connectivity index (χ0v) is 37.0. The fourth-order valence-electron chi connectivity index (χ4n) is 10.2. The van der Waals surface area contributed by atoms with Crippen molar-refractivity contribution in [1.29, 1.82) is 0 Å². The van der Waals surface area contributed by atoms with Gasteiger partial charge in [0.2, 0.25) is 0 Å². The largest absolute Gasteiger partial charge is 0.456 e. The Kier molecular flexibility index (Phi) is 8.79. The predicted octanol–water partition coefficient (Wildman–Crippen LogP) is 16.8. The zero-order chi connectivity index (χ0) is 45.4. The van der Waals surface area contributed by atoms with Crippen LogP contribution in [0.2, 0.25) is 0 Å². The van der Waals surface area contributed by atoms with Crippen LogP contribution in [0.4, 0.5) is 0 Å². The van der Waals surface area contributed by atoms with E-state index in [4.69, 9.17) is 23.8 Å². The summed E-state index contributed by atoms with van der Waals surface area (Å²) in [6.07, 6.45) is 0. The standard InChI is InChI=1S/C63H38N4O2/c1-3-14-39(15-4-1)43-18-11-19-44(36-43)45-32-34-55-52(37-45)48-20-7-9-25-54(48)67(55)46-33-35-57-53(38-46)59-51(24-13-27-58(59)68-57)63-65-61(41-16-5-2-6-17-41)64-62(66-63)42-30-28-40(29-31-42)47-22-12-23-50-49-21-8-10-26-56(49)69-60(47)50/h1-38H. The first-order valence-corrected chi connectivity index (χ1v) is 23.2. The average molecular weight is 883 g/mol. The molecule has 0 unspecified atom stereocenters. The average Bonchev–Trinajstić information content (AvgIpc) is 4.11. The Labute approximate surface area is 396 Å². The van der Waals surface area contributed by atoms with Gasteiger partial charge < -0.3 is 13.4 Å². The monoisotopic (exact) mass is 882 g/mol. The van der Waals surface area contributed by atoms with Gasteiger partial charge in [-0.05, 0) is 82.4 Å². The molecule has 0 saturated carbocycles. The Hall–Kier alpha value is -9.39. The van der Waals surface area contributed by atoms with Gasteiger partial charge in [-0.15, -0.1) is 0 Å². The third kappa shape index (κ3) is 6.45. The molecule has 14 rings (SSSR count). The van der Waals surface area contributed by atoms with Crippen LogP contribution in [0.5, 0.6) is 0 Å². The molecule has 0 aliphatic carbocycles. The molecule has 322 valence electrons. The van der Waals surface area contributed by atoms with Gasteiger partial charge in [0.25, 0.3) is 0 Å². The molecule has 0 aliphatic rings. The van der Waals surface area contributed by atoms with Crippen LogP contribution in [-0.2, 0) is 0 Å². The van der Waals surface area contributed by atoms with E-state index >= 15 is 0 Å². The van der Waals surface area contributed by atoms with Crippen molar-refractivity contribution >= 4 is 65.7 Å². The molecule has 4 heterocycles. The Bertz CT molecular complexity index is 4300. The molecule has 69 heavy (non-hydrogen) atoms. The highest BCUT2D eigenvalue weighted by atomic mass is 16.3. The quantitative estimate of drug-likeness (QED) is 0.159. The first-order valence-electron chi connectivity index (χ1n) is 23.2. The highest BCUT2D eigenvalue weighted by Gasteiger charge is 2.21. The molecule has 6 heteroatoms. The van der Waals surface area contributed by atoms with Crippen LogP contribution in [0.15, 0.2) is 239 Å². The minimum atomic E-state index is 0.564. The van der Waals surface area contributed by atoms with Crippen molar-refractivity contribution in [2.24, 2.45) is 0 Å². The smallest absolute Gasteiger partial charge is 0.164 e. The Balaban J connectivity index is 0.894. The van der Waals surface area contributed by atoms with Crippen LogP contribution in [0.1, 0.15) is 0 Å². The summed E-state index contributed by atoms with van der Waals surface area (Å²) in [5.41, 5.74) is 16.1. The SMILES string of the molecule is c1ccc(-c2cccc(-c3ccc4c(c3)c3ccccc3n4-c3ccc4oc5cccc(-c6nc(-c7ccccc7)nc(-c7ccc(-c8cccc9c8oc8ccccc89)cc7)n6)c5c4c3)c2)cc1. The van der Waals surface area contributed by atoms with E-state index in [1.165, 1.54) is 33.0 Å². The maximum Gasteiger partial charge on any atom is 0.164 e. The van der Waals surface area contributed by atoms with Crippen LogP contribution in [0.25, 0.3) is 139 Å². The number of nitrogens with zero attached hydrogens (tertiary/aromatic N) is 4. The van der Waals surface area contributed by atoms with Crippen molar-refractivity contribution in [3.8, 4) is 73.2 Å². The molecule has 4 aromatic heterocycles.